The minimum Gasteiger partial charge on any atom is -0.349 e. The summed E-state index contributed by atoms with van der Waals surface area (Å²) < 4.78 is 12.8. The predicted molar refractivity (Wildman–Crippen MR) is 91.0 cm³/mol. The van der Waals surface area contributed by atoms with Crippen molar-refractivity contribution in [2.45, 2.75) is 18.9 Å². The molecule has 4 nitrogen and oxygen atoms in total. The Labute approximate surface area is 139 Å². The molecule has 0 atom stereocenters. The van der Waals surface area contributed by atoms with E-state index in [1.807, 2.05) is 0 Å². The van der Waals surface area contributed by atoms with E-state index in [0.717, 1.165) is 18.4 Å². The summed E-state index contributed by atoms with van der Waals surface area (Å²) in [5.41, 5.74) is 1.91. The molecule has 0 bridgehead atoms. The summed E-state index contributed by atoms with van der Waals surface area (Å²) >= 11 is 0. The number of amides is 2. The first-order chi connectivity index (χ1) is 11.6. The Morgan fingerprint density at radius 2 is 1.67 bits per heavy atom. The van der Waals surface area contributed by atoms with Gasteiger partial charge in [0.1, 0.15) is 5.82 Å². The molecule has 3 rings (SSSR count). The van der Waals surface area contributed by atoms with Crippen LogP contribution >= 0.6 is 0 Å². The molecule has 0 spiro atoms. The van der Waals surface area contributed by atoms with Crippen LogP contribution in [0.4, 0.5) is 10.1 Å². The van der Waals surface area contributed by atoms with Gasteiger partial charge in [-0.3, -0.25) is 9.59 Å². The smallest absolute Gasteiger partial charge is 0.251 e. The molecule has 0 aromatic heterocycles. The lowest BCUT2D eigenvalue weighted by molar-refractivity contribution is -0.111. The zero-order valence-corrected chi connectivity index (χ0v) is 13.0. The van der Waals surface area contributed by atoms with Crippen LogP contribution in [-0.2, 0) is 4.79 Å². The highest BCUT2D eigenvalue weighted by molar-refractivity contribution is 6.02. The normalized spacial score (nSPS) is 13.7. The fourth-order valence-corrected chi connectivity index (χ4v) is 2.13. The van der Waals surface area contributed by atoms with Crippen LogP contribution in [0.1, 0.15) is 28.8 Å². The summed E-state index contributed by atoms with van der Waals surface area (Å²) in [5.74, 6) is -0.705. The number of hydrogen-bond donors (Lipinski definition) is 2. The molecule has 2 aromatic rings. The second kappa shape index (κ2) is 7.08. The Morgan fingerprint density at radius 1 is 1.00 bits per heavy atom. The summed E-state index contributed by atoms with van der Waals surface area (Å²) in [5, 5.41) is 5.62. The number of nitrogens with one attached hydrogen (secondary N) is 2. The third-order valence-electron chi connectivity index (χ3n) is 3.62. The minimum atomic E-state index is -0.317. The highest BCUT2D eigenvalue weighted by Gasteiger charge is 2.23. The van der Waals surface area contributed by atoms with Gasteiger partial charge >= 0.3 is 0 Å². The van der Waals surface area contributed by atoms with Crippen LogP contribution in [0.15, 0.2) is 54.6 Å². The van der Waals surface area contributed by atoms with Crippen molar-refractivity contribution in [2.75, 3.05) is 5.32 Å². The maximum atomic E-state index is 12.8. The van der Waals surface area contributed by atoms with Crippen molar-refractivity contribution >= 4 is 23.6 Å². The first kappa shape index (κ1) is 15.9. The summed E-state index contributed by atoms with van der Waals surface area (Å²) in [6.45, 7) is 0. The monoisotopic (exact) mass is 324 g/mol. The van der Waals surface area contributed by atoms with E-state index < -0.39 is 0 Å². The van der Waals surface area contributed by atoms with Crippen molar-refractivity contribution in [3.05, 3.63) is 71.6 Å². The molecule has 0 heterocycles. The van der Waals surface area contributed by atoms with Crippen LogP contribution in [-0.4, -0.2) is 17.9 Å². The molecule has 2 N–H and O–H groups in total. The van der Waals surface area contributed by atoms with E-state index in [2.05, 4.69) is 10.6 Å². The molecule has 0 aliphatic heterocycles. The molecule has 1 aliphatic rings. The van der Waals surface area contributed by atoms with Crippen LogP contribution in [0.25, 0.3) is 6.08 Å². The third-order valence-corrected chi connectivity index (χ3v) is 3.62. The van der Waals surface area contributed by atoms with E-state index in [0.29, 0.717) is 17.3 Å². The van der Waals surface area contributed by atoms with Gasteiger partial charge in [-0.05, 0) is 60.9 Å². The van der Waals surface area contributed by atoms with E-state index in [-0.39, 0.29) is 17.6 Å². The van der Waals surface area contributed by atoms with Crippen molar-refractivity contribution in [1.82, 2.24) is 5.32 Å². The molecule has 1 saturated carbocycles. The topological polar surface area (TPSA) is 58.2 Å². The van der Waals surface area contributed by atoms with Crippen molar-refractivity contribution in [1.29, 1.82) is 0 Å². The number of carbonyl (C=O) groups excluding carboxylic acids is 2. The minimum absolute atomic E-state index is 0.0911. The maximum Gasteiger partial charge on any atom is 0.251 e. The summed E-state index contributed by atoms with van der Waals surface area (Å²) in [7, 11) is 0. The van der Waals surface area contributed by atoms with Crippen LogP contribution in [0, 0.1) is 5.82 Å². The van der Waals surface area contributed by atoms with Gasteiger partial charge in [0.2, 0.25) is 5.91 Å². The van der Waals surface area contributed by atoms with Crippen LogP contribution in [0.5, 0.6) is 0 Å². The van der Waals surface area contributed by atoms with E-state index in [1.165, 1.54) is 18.2 Å². The molecule has 1 aliphatic carbocycles. The maximum absolute atomic E-state index is 12.8. The predicted octanol–water partition coefficient (Wildman–Crippen LogP) is 3.37. The number of hydrogen-bond acceptors (Lipinski definition) is 2. The van der Waals surface area contributed by atoms with Gasteiger partial charge < -0.3 is 10.6 Å². The van der Waals surface area contributed by atoms with Crippen molar-refractivity contribution in [3.63, 3.8) is 0 Å². The molecular weight excluding hydrogens is 307 g/mol. The summed E-state index contributed by atoms with van der Waals surface area (Å²) in [6, 6.07) is 12.9. The van der Waals surface area contributed by atoms with Gasteiger partial charge in [-0.2, -0.15) is 0 Å². The largest absolute Gasteiger partial charge is 0.349 e. The highest BCUT2D eigenvalue weighted by Crippen LogP contribution is 2.19. The van der Waals surface area contributed by atoms with Gasteiger partial charge in [0.25, 0.3) is 5.91 Å². The number of halogens is 1. The Balaban J connectivity index is 1.55. The second-order valence-corrected chi connectivity index (χ2v) is 5.70. The molecule has 24 heavy (non-hydrogen) atoms. The molecule has 0 radical (unpaired) electrons. The highest BCUT2D eigenvalue weighted by atomic mass is 19.1. The number of rotatable bonds is 5. The summed E-state index contributed by atoms with van der Waals surface area (Å²) in [4.78, 5) is 23.7. The quantitative estimate of drug-likeness (QED) is 0.829. The lowest BCUT2D eigenvalue weighted by atomic mass is 10.2. The Morgan fingerprint density at radius 3 is 2.29 bits per heavy atom. The molecule has 0 unspecified atom stereocenters. The van der Waals surface area contributed by atoms with Crippen molar-refractivity contribution in [3.8, 4) is 0 Å². The van der Waals surface area contributed by atoms with Gasteiger partial charge in [0.15, 0.2) is 0 Å². The standard InChI is InChI=1S/C19H17FN2O2/c20-15-6-1-13(2-7-15)3-12-18(23)21-16-8-4-14(5-9-16)19(24)22-17-10-11-17/h1-9,12,17H,10-11H2,(H,21,23)(H,22,24)/b12-3+. The van der Waals surface area contributed by atoms with Gasteiger partial charge in [-0.15, -0.1) is 0 Å². The zero-order valence-electron chi connectivity index (χ0n) is 13.0. The molecule has 5 heteroatoms. The zero-order chi connectivity index (χ0) is 16.9. The van der Waals surface area contributed by atoms with Crippen LogP contribution in [0.2, 0.25) is 0 Å². The second-order valence-electron chi connectivity index (χ2n) is 5.70. The molecule has 2 aromatic carbocycles. The fraction of sp³-hybridized carbons (Fsp3) is 0.158. The SMILES string of the molecule is O=C(/C=C/c1ccc(F)cc1)Nc1ccc(C(=O)NC2CC2)cc1. The van der Waals surface area contributed by atoms with Gasteiger partial charge in [-0.25, -0.2) is 4.39 Å². The molecule has 122 valence electrons. The molecule has 1 fully saturated rings. The van der Waals surface area contributed by atoms with E-state index in [1.54, 1.807) is 42.5 Å². The van der Waals surface area contributed by atoms with Gasteiger partial charge in [0.05, 0.1) is 0 Å². The van der Waals surface area contributed by atoms with Crippen molar-refractivity contribution < 1.29 is 14.0 Å². The van der Waals surface area contributed by atoms with Crippen LogP contribution < -0.4 is 10.6 Å². The average molecular weight is 324 g/mol. The number of benzene rings is 2. The molecule has 0 saturated heterocycles. The van der Waals surface area contributed by atoms with Gasteiger partial charge in [0, 0.05) is 23.4 Å². The first-order valence-electron chi connectivity index (χ1n) is 7.76. The fourth-order valence-electron chi connectivity index (χ4n) is 2.13. The Bertz CT molecular complexity index is 763. The lowest BCUT2D eigenvalue weighted by Gasteiger charge is -2.05. The third kappa shape index (κ3) is 4.52. The van der Waals surface area contributed by atoms with Crippen LogP contribution in [0.3, 0.4) is 0 Å². The molecule has 2 amide bonds. The average Bonchev–Trinajstić information content (AvgIpc) is 3.39. The molecular formula is C19H17FN2O2. The van der Waals surface area contributed by atoms with E-state index in [4.69, 9.17) is 0 Å². The van der Waals surface area contributed by atoms with E-state index >= 15 is 0 Å². The first-order valence-corrected chi connectivity index (χ1v) is 7.76. The summed E-state index contributed by atoms with van der Waals surface area (Å²) in [6.07, 6.45) is 5.06. The number of anilines is 1. The van der Waals surface area contributed by atoms with Crippen molar-refractivity contribution in [2.24, 2.45) is 0 Å². The number of carbonyl (C=O) groups is 2. The van der Waals surface area contributed by atoms with E-state index in [9.17, 15) is 14.0 Å². The lowest BCUT2D eigenvalue weighted by Crippen LogP contribution is -2.25. The Kier molecular flexibility index (Phi) is 4.70. The van der Waals surface area contributed by atoms with Gasteiger partial charge in [-0.1, -0.05) is 12.1 Å². The Hall–Kier alpha value is -2.95.